The molecule has 2 heterocycles. The number of piperidine rings is 1. The van der Waals surface area contributed by atoms with Gasteiger partial charge < -0.3 is 4.90 Å². The molecule has 0 N–H and O–H groups in total. The summed E-state index contributed by atoms with van der Waals surface area (Å²) in [6.07, 6.45) is 4.02. The Labute approximate surface area is 144 Å². The molecule has 1 fully saturated rings. The Balaban J connectivity index is 1.79. The number of carbonyl (C=O) groups excluding carboxylic acids is 1. The lowest BCUT2D eigenvalue weighted by Gasteiger charge is -2.30. The maximum atomic E-state index is 12.1. The molecule has 0 bridgehead atoms. The van der Waals surface area contributed by atoms with Crippen molar-refractivity contribution in [2.24, 2.45) is 10.9 Å². The topological polar surface area (TPSA) is 32.7 Å². The molecule has 2 aliphatic rings. The first-order chi connectivity index (χ1) is 10.5. The number of hydrogen-bond donors (Lipinski definition) is 0. The van der Waals surface area contributed by atoms with Crippen molar-refractivity contribution < 1.29 is 4.79 Å². The number of amidine groups is 1. The van der Waals surface area contributed by atoms with Gasteiger partial charge in [0, 0.05) is 28.7 Å². The van der Waals surface area contributed by atoms with Gasteiger partial charge in [-0.1, -0.05) is 36.2 Å². The number of amides is 1. The number of hydrogen-bond acceptors (Lipinski definition) is 3. The number of carbonyl (C=O) groups is 1. The number of rotatable bonds is 1. The van der Waals surface area contributed by atoms with Crippen molar-refractivity contribution in [3.8, 4) is 0 Å². The third-order valence-corrected chi connectivity index (χ3v) is 5.64. The zero-order valence-electron chi connectivity index (χ0n) is 12.2. The van der Waals surface area contributed by atoms with Crippen LogP contribution in [0, 0.1) is 5.92 Å². The molecule has 0 spiro atoms. The molecule has 6 heteroatoms. The van der Waals surface area contributed by atoms with Gasteiger partial charge in [0.15, 0.2) is 5.17 Å². The van der Waals surface area contributed by atoms with Gasteiger partial charge in [-0.3, -0.25) is 4.79 Å². The van der Waals surface area contributed by atoms with Crippen LogP contribution >= 0.6 is 35.0 Å². The average molecular weight is 355 g/mol. The molecular weight excluding hydrogens is 339 g/mol. The summed E-state index contributed by atoms with van der Waals surface area (Å²) in [7, 11) is 0. The second kappa shape index (κ2) is 6.65. The van der Waals surface area contributed by atoms with E-state index in [4.69, 9.17) is 23.2 Å². The van der Waals surface area contributed by atoms with Crippen LogP contribution in [-0.2, 0) is 4.79 Å². The van der Waals surface area contributed by atoms with Gasteiger partial charge in [-0.15, -0.1) is 0 Å². The third kappa shape index (κ3) is 3.34. The van der Waals surface area contributed by atoms with E-state index in [-0.39, 0.29) is 5.91 Å². The summed E-state index contributed by atoms with van der Waals surface area (Å²) in [6.45, 7) is 4.18. The van der Waals surface area contributed by atoms with Crippen LogP contribution in [0.3, 0.4) is 0 Å². The van der Waals surface area contributed by atoms with E-state index < -0.39 is 0 Å². The van der Waals surface area contributed by atoms with Gasteiger partial charge in [0.1, 0.15) is 0 Å². The average Bonchev–Trinajstić information content (AvgIpc) is 2.85. The van der Waals surface area contributed by atoms with Gasteiger partial charge in [-0.25, -0.2) is 0 Å². The molecule has 3 nitrogen and oxygen atoms in total. The van der Waals surface area contributed by atoms with Gasteiger partial charge in [0.2, 0.25) is 0 Å². The Morgan fingerprint density at radius 2 is 1.91 bits per heavy atom. The number of nitrogens with zero attached hydrogens (tertiary/aromatic N) is 2. The molecule has 1 aromatic rings. The van der Waals surface area contributed by atoms with Gasteiger partial charge in [0.25, 0.3) is 5.91 Å². The van der Waals surface area contributed by atoms with Gasteiger partial charge in [0.05, 0.1) is 4.91 Å². The van der Waals surface area contributed by atoms with Crippen molar-refractivity contribution in [2.75, 3.05) is 13.1 Å². The van der Waals surface area contributed by atoms with E-state index in [1.54, 1.807) is 24.3 Å². The van der Waals surface area contributed by atoms with Crippen molar-refractivity contribution in [2.45, 2.75) is 19.8 Å². The molecular formula is C16H16Cl2N2OS. The number of likely N-dealkylation sites (tertiary alicyclic amines) is 1. The molecule has 0 aliphatic carbocycles. The molecule has 0 saturated carbocycles. The van der Waals surface area contributed by atoms with Crippen LogP contribution in [0.1, 0.15) is 25.3 Å². The lowest BCUT2D eigenvalue weighted by atomic mass is 10.00. The summed E-state index contributed by atoms with van der Waals surface area (Å²) < 4.78 is 0. The monoisotopic (exact) mass is 354 g/mol. The van der Waals surface area contributed by atoms with E-state index in [2.05, 4.69) is 16.8 Å². The maximum absolute atomic E-state index is 12.1. The number of aliphatic imine (C=N–C) groups is 1. The minimum absolute atomic E-state index is 0.213. The van der Waals surface area contributed by atoms with Crippen LogP contribution in [0.2, 0.25) is 10.0 Å². The lowest BCUT2D eigenvalue weighted by molar-refractivity contribution is -0.113. The van der Waals surface area contributed by atoms with Crippen molar-refractivity contribution in [1.29, 1.82) is 0 Å². The molecule has 3 rings (SSSR count). The fourth-order valence-corrected chi connectivity index (χ4v) is 3.97. The van der Waals surface area contributed by atoms with Crippen LogP contribution < -0.4 is 0 Å². The minimum Gasteiger partial charge on any atom is -0.351 e. The zero-order valence-corrected chi connectivity index (χ0v) is 14.5. The Hall–Kier alpha value is -0.970. The highest BCUT2D eigenvalue weighted by Gasteiger charge is 2.28. The van der Waals surface area contributed by atoms with Crippen molar-refractivity contribution in [3.05, 3.63) is 38.7 Å². The van der Waals surface area contributed by atoms with Crippen molar-refractivity contribution >= 4 is 52.1 Å². The smallest absolute Gasteiger partial charge is 0.286 e. The van der Waals surface area contributed by atoms with E-state index >= 15 is 0 Å². The van der Waals surface area contributed by atoms with E-state index in [0.29, 0.717) is 20.5 Å². The molecule has 0 unspecified atom stereocenters. The van der Waals surface area contributed by atoms with E-state index in [0.717, 1.165) is 37.0 Å². The molecule has 1 saturated heterocycles. The second-order valence-corrected chi connectivity index (χ2v) is 7.44. The number of thioether (sulfide) groups is 1. The lowest BCUT2D eigenvalue weighted by Crippen LogP contribution is -2.35. The molecule has 116 valence electrons. The van der Waals surface area contributed by atoms with Gasteiger partial charge in [-0.05, 0) is 48.7 Å². The fraction of sp³-hybridized carbons (Fsp3) is 0.375. The summed E-state index contributed by atoms with van der Waals surface area (Å²) in [6, 6.07) is 5.31. The molecule has 0 aromatic heterocycles. The highest BCUT2D eigenvalue weighted by atomic mass is 35.5. The second-order valence-electron chi connectivity index (χ2n) is 5.62. The van der Waals surface area contributed by atoms with Crippen LogP contribution in [-0.4, -0.2) is 29.1 Å². The summed E-state index contributed by atoms with van der Waals surface area (Å²) in [4.78, 5) is 19.1. The molecule has 0 radical (unpaired) electrons. The molecule has 2 aliphatic heterocycles. The SMILES string of the molecule is CC1CCN(C2=NC(=O)/C(=C/c3c(Cl)cccc3Cl)S2)CC1. The molecule has 22 heavy (non-hydrogen) atoms. The van der Waals surface area contributed by atoms with Gasteiger partial charge in [-0.2, -0.15) is 4.99 Å². The van der Waals surface area contributed by atoms with Crippen LogP contribution in [0.4, 0.5) is 0 Å². The fourth-order valence-electron chi connectivity index (χ4n) is 2.51. The number of halogens is 2. The van der Waals surface area contributed by atoms with Crippen molar-refractivity contribution in [1.82, 2.24) is 4.90 Å². The van der Waals surface area contributed by atoms with Crippen molar-refractivity contribution in [3.63, 3.8) is 0 Å². The minimum atomic E-state index is -0.213. The predicted octanol–water partition coefficient (Wildman–Crippen LogP) is 4.70. The summed E-state index contributed by atoms with van der Waals surface area (Å²) >= 11 is 13.7. The Kier molecular flexibility index (Phi) is 4.81. The molecule has 0 atom stereocenters. The van der Waals surface area contributed by atoms with E-state index in [1.807, 2.05) is 0 Å². The first kappa shape index (κ1) is 15.9. The third-order valence-electron chi connectivity index (χ3n) is 3.94. The zero-order chi connectivity index (χ0) is 15.7. The quantitative estimate of drug-likeness (QED) is 0.685. The highest BCUT2D eigenvalue weighted by Crippen LogP contribution is 2.35. The summed E-state index contributed by atoms with van der Waals surface area (Å²) in [5.41, 5.74) is 0.672. The summed E-state index contributed by atoms with van der Waals surface area (Å²) in [5.74, 6) is 0.533. The van der Waals surface area contributed by atoms with E-state index in [9.17, 15) is 4.79 Å². The summed E-state index contributed by atoms with van der Waals surface area (Å²) in [5, 5.41) is 1.87. The van der Waals surface area contributed by atoms with Gasteiger partial charge >= 0.3 is 0 Å². The van der Waals surface area contributed by atoms with Crippen LogP contribution in [0.15, 0.2) is 28.1 Å². The standard InChI is InChI=1S/C16H16Cl2N2OS/c1-10-5-7-20(8-6-10)16-19-15(21)14(22-16)9-11-12(17)3-2-4-13(11)18/h2-4,9-10H,5-8H2,1H3/b14-9-. The van der Waals surface area contributed by atoms with E-state index in [1.165, 1.54) is 11.8 Å². The first-order valence-corrected chi connectivity index (χ1v) is 8.83. The molecule has 1 aromatic carbocycles. The Morgan fingerprint density at radius 3 is 2.55 bits per heavy atom. The first-order valence-electron chi connectivity index (χ1n) is 7.26. The molecule has 1 amide bonds. The van der Waals surface area contributed by atoms with Crippen LogP contribution in [0.5, 0.6) is 0 Å². The Morgan fingerprint density at radius 1 is 1.27 bits per heavy atom. The van der Waals surface area contributed by atoms with Crippen LogP contribution in [0.25, 0.3) is 6.08 Å². The Bertz CT molecular complexity index is 644. The maximum Gasteiger partial charge on any atom is 0.286 e. The normalized spacial score (nSPS) is 21.6. The number of benzene rings is 1. The highest BCUT2D eigenvalue weighted by molar-refractivity contribution is 8.18. The largest absolute Gasteiger partial charge is 0.351 e. The predicted molar refractivity (Wildman–Crippen MR) is 94.4 cm³/mol.